The van der Waals surface area contributed by atoms with Crippen LogP contribution >= 0.6 is 11.3 Å². The number of carbonyl (C=O) groups excluding carboxylic acids is 1. The number of benzene rings is 1. The van der Waals surface area contributed by atoms with Crippen molar-refractivity contribution in [2.75, 3.05) is 31.1 Å². The molecule has 0 aliphatic carbocycles. The molecule has 0 spiro atoms. The zero-order valence-electron chi connectivity index (χ0n) is 20.2. The molecule has 1 aromatic carbocycles. The predicted octanol–water partition coefficient (Wildman–Crippen LogP) is 4.44. The molecule has 1 aliphatic heterocycles. The molecule has 0 radical (unpaired) electrons. The quantitative estimate of drug-likeness (QED) is 0.347. The molecule has 40 heavy (non-hydrogen) atoms. The van der Waals surface area contributed by atoms with Crippen molar-refractivity contribution in [2.24, 2.45) is 0 Å². The van der Waals surface area contributed by atoms with E-state index in [1.54, 1.807) is 16.8 Å². The predicted molar refractivity (Wildman–Crippen MR) is 130 cm³/mol. The molecule has 3 aromatic heterocycles. The maximum Gasteiger partial charge on any atom is 0.451 e. The van der Waals surface area contributed by atoms with Crippen molar-refractivity contribution in [2.45, 2.75) is 24.9 Å². The van der Waals surface area contributed by atoms with E-state index >= 15 is 0 Å². The summed E-state index contributed by atoms with van der Waals surface area (Å²) in [7, 11) is 0. The number of aliphatic hydroxyl groups is 1. The van der Waals surface area contributed by atoms with E-state index in [2.05, 4.69) is 15.0 Å². The van der Waals surface area contributed by atoms with Crippen molar-refractivity contribution in [3.8, 4) is 11.3 Å². The van der Waals surface area contributed by atoms with Crippen LogP contribution < -0.4 is 4.90 Å². The lowest BCUT2D eigenvalue weighted by Gasteiger charge is -2.41. The van der Waals surface area contributed by atoms with Gasteiger partial charge in [0.1, 0.15) is 23.1 Å². The SMILES string of the molecule is O=C(Cn1ccc2cc(F)ccc21)N1CCN(c2sc(C(F)(F)F)nc2-c2cnc(C(F)(F)F)nc2)C[C@@H]1CO. The van der Waals surface area contributed by atoms with Crippen LogP contribution in [0.4, 0.5) is 35.7 Å². The number of fused-ring (bicyclic) bond motifs is 1. The van der Waals surface area contributed by atoms with E-state index in [1.807, 2.05) is 0 Å². The Morgan fingerprint density at radius 2 is 1.77 bits per heavy atom. The van der Waals surface area contributed by atoms with Crippen LogP contribution in [0.1, 0.15) is 10.8 Å². The molecule has 4 aromatic rings. The molecule has 4 heterocycles. The van der Waals surface area contributed by atoms with E-state index in [0.717, 1.165) is 12.4 Å². The van der Waals surface area contributed by atoms with Crippen molar-refractivity contribution in [3.05, 3.63) is 59.5 Å². The normalized spacial score (nSPS) is 16.6. The summed E-state index contributed by atoms with van der Waals surface area (Å²) in [4.78, 5) is 26.1. The van der Waals surface area contributed by atoms with Gasteiger partial charge >= 0.3 is 12.4 Å². The number of thiazole rings is 1. The monoisotopic (exact) mass is 588 g/mol. The molecule has 0 unspecified atom stereocenters. The summed E-state index contributed by atoms with van der Waals surface area (Å²) in [5.41, 5.74) is 0.222. The van der Waals surface area contributed by atoms with Crippen LogP contribution in [0.2, 0.25) is 0 Å². The Labute approximate surface area is 225 Å². The molecule has 16 heteroatoms. The molecule has 1 N–H and O–H groups in total. The minimum Gasteiger partial charge on any atom is -0.394 e. The number of piperazine rings is 1. The number of nitrogens with zero attached hydrogens (tertiary/aromatic N) is 6. The topological polar surface area (TPSA) is 87.4 Å². The average molecular weight is 589 g/mol. The lowest BCUT2D eigenvalue weighted by Crippen LogP contribution is -2.57. The third-order valence-electron chi connectivity index (χ3n) is 6.37. The smallest absolute Gasteiger partial charge is 0.394 e. The standard InChI is InChI=1S/C24H19F7N6O2S/c25-15-1-2-17-13(7-15)3-4-35(17)11-18(39)37-6-5-36(10-16(37)12-38)20-19(34-22(40-20)24(29,30)31)14-8-32-21(33-9-14)23(26,27)28/h1-4,7-9,16,38H,5-6,10-12H2/t16-/m1/s1. The van der Waals surface area contributed by atoms with Gasteiger partial charge in [-0.3, -0.25) is 4.79 Å². The molecule has 0 bridgehead atoms. The zero-order chi connectivity index (χ0) is 28.8. The third-order valence-corrected chi connectivity index (χ3v) is 7.53. The van der Waals surface area contributed by atoms with Gasteiger partial charge in [-0.1, -0.05) is 11.3 Å². The van der Waals surface area contributed by atoms with E-state index in [1.165, 1.54) is 28.0 Å². The molecule has 8 nitrogen and oxygen atoms in total. The number of halogens is 7. The first-order chi connectivity index (χ1) is 18.8. The Morgan fingerprint density at radius 3 is 2.42 bits per heavy atom. The van der Waals surface area contributed by atoms with Crippen LogP contribution in [0.3, 0.4) is 0 Å². The van der Waals surface area contributed by atoms with Crippen LogP contribution in [0.15, 0.2) is 42.9 Å². The largest absolute Gasteiger partial charge is 0.451 e. The first kappa shape index (κ1) is 27.8. The van der Waals surface area contributed by atoms with Crippen LogP contribution in [0.5, 0.6) is 0 Å². The van der Waals surface area contributed by atoms with Gasteiger partial charge in [-0.2, -0.15) is 26.3 Å². The molecular weight excluding hydrogens is 569 g/mol. The van der Waals surface area contributed by atoms with Crippen LogP contribution in [0, 0.1) is 5.82 Å². The molecule has 0 saturated carbocycles. The van der Waals surface area contributed by atoms with Crippen LogP contribution in [-0.4, -0.2) is 67.7 Å². The maximum atomic E-state index is 13.5. The van der Waals surface area contributed by atoms with E-state index in [-0.39, 0.29) is 48.3 Å². The van der Waals surface area contributed by atoms with E-state index < -0.39 is 41.7 Å². The number of alkyl halides is 6. The highest BCUT2D eigenvalue weighted by Gasteiger charge is 2.39. The summed E-state index contributed by atoms with van der Waals surface area (Å²) in [6.07, 6.45) is -6.52. The Morgan fingerprint density at radius 1 is 1.05 bits per heavy atom. The van der Waals surface area contributed by atoms with Gasteiger partial charge in [0, 0.05) is 54.7 Å². The second-order valence-electron chi connectivity index (χ2n) is 8.98. The van der Waals surface area contributed by atoms with Gasteiger partial charge in [-0.25, -0.2) is 19.3 Å². The van der Waals surface area contributed by atoms with Crippen molar-refractivity contribution in [1.82, 2.24) is 24.4 Å². The Bertz CT molecular complexity index is 1530. The Hall–Kier alpha value is -3.79. The van der Waals surface area contributed by atoms with Gasteiger partial charge in [0.15, 0.2) is 0 Å². The number of rotatable bonds is 5. The summed E-state index contributed by atoms with van der Waals surface area (Å²) in [5.74, 6) is -2.23. The first-order valence-corrected chi connectivity index (χ1v) is 12.5. The Kier molecular flexibility index (Phi) is 7.16. The summed E-state index contributed by atoms with van der Waals surface area (Å²) in [6.45, 7) is -0.566. The zero-order valence-corrected chi connectivity index (χ0v) is 21.1. The second-order valence-corrected chi connectivity index (χ2v) is 9.96. The van der Waals surface area contributed by atoms with E-state index in [4.69, 9.17) is 0 Å². The van der Waals surface area contributed by atoms with Gasteiger partial charge in [0.2, 0.25) is 16.7 Å². The van der Waals surface area contributed by atoms with Gasteiger partial charge in [-0.15, -0.1) is 0 Å². The molecule has 1 amide bonds. The van der Waals surface area contributed by atoms with E-state index in [0.29, 0.717) is 22.2 Å². The van der Waals surface area contributed by atoms with Gasteiger partial charge < -0.3 is 19.5 Å². The van der Waals surface area contributed by atoms with Crippen molar-refractivity contribution in [1.29, 1.82) is 0 Å². The molecule has 1 saturated heterocycles. The number of aliphatic hydroxyl groups excluding tert-OH is 1. The fourth-order valence-electron chi connectivity index (χ4n) is 4.50. The van der Waals surface area contributed by atoms with Crippen molar-refractivity contribution in [3.63, 3.8) is 0 Å². The number of amides is 1. The third kappa shape index (κ3) is 5.45. The van der Waals surface area contributed by atoms with Crippen LogP contribution in [0.25, 0.3) is 22.2 Å². The fraction of sp³-hybridized carbons (Fsp3) is 0.333. The maximum absolute atomic E-state index is 13.5. The van der Waals surface area contributed by atoms with Crippen molar-refractivity contribution < 1.29 is 40.6 Å². The second kappa shape index (κ2) is 10.3. The summed E-state index contributed by atoms with van der Waals surface area (Å²) >= 11 is 0.298. The first-order valence-electron chi connectivity index (χ1n) is 11.7. The van der Waals surface area contributed by atoms with Gasteiger partial charge in [-0.05, 0) is 24.3 Å². The average Bonchev–Trinajstić information content (AvgIpc) is 3.52. The minimum atomic E-state index is -4.83. The molecule has 1 fully saturated rings. The van der Waals surface area contributed by atoms with Gasteiger partial charge in [0.25, 0.3) is 0 Å². The number of hydrogen-bond acceptors (Lipinski definition) is 7. The lowest BCUT2D eigenvalue weighted by atomic mass is 10.1. The highest BCUT2D eigenvalue weighted by Crippen LogP contribution is 2.43. The summed E-state index contributed by atoms with van der Waals surface area (Å²) < 4.78 is 94.4. The number of hydrogen-bond donors (Lipinski definition) is 1. The highest BCUT2D eigenvalue weighted by molar-refractivity contribution is 7.16. The fourth-order valence-corrected chi connectivity index (χ4v) is 5.49. The molecule has 5 rings (SSSR count). The van der Waals surface area contributed by atoms with Crippen molar-refractivity contribution >= 4 is 33.1 Å². The van der Waals surface area contributed by atoms with E-state index in [9.17, 15) is 40.6 Å². The summed E-state index contributed by atoms with van der Waals surface area (Å²) in [6, 6.07) is 4.99. The molecule has 1 atom stereocenters. The Balaban J connectivity index is 1.39. The molecule has 212 valence electrons. The molecule has 1 aliphatic rings. The number of carbonyl (C=O) groups is 1. The summed E-state index contributed by atoms with van der Waals surface area (Å²) in [5, 5.41) is 9.43. The van der Waals surface area contributed by atoms with Crippen LogP contribution in [-0.2, 0) is 23.7 Å². The number of anilines is 1. The lowest BCUT2D eigenvalue weighted by molar-refractivity contribution is -0.145. The van der Waals surface area contributed by atoms with Gasteiger partial charge in [0.05, 0.1) is 12.6 Å². The number of aromatic nitrogens is 4. The molecular formula is C24H19F7N6O2S. The minimum absolute atomic E-state index is 0.000312. The highest BCUT2D eigenvalue weighted by atomic mass is 32.1.